The molecule has 1 aliphatic rings. The number of benzene rings is 7. The zero-order valence-electron chi connectivity index (χ0n) is 35.2. The summed E-state index contributed by atoms with van der Waals surface area (Å²) in [6.45, 7) is 0. The Morgan fingerprint density at radius 2 is 0.969 bits per heavy atom. The average molecular weight is 856 g/mol. The van der Waals surface area contributed by atoms with Gasteiger partial charge in [0.05, 0.1) is 6.33 Å². The SMILES string of the molecule is Nc1ncnc2c1ncn2[C@@H]1O[C@H](C(OC(c2ccccc2)(c2ccccc2)c2ccccc2)C(=O)c2ccccc2)[C@@H](OC(c2ccccc2)(c2ccccc2)c2ccccc2)[C@H]1O. The number of hydrogen-bond donors (Lipinski definition) is 2. The lowest BCUT2D eigenvalue weighted by atomic mass is 9.79. The fraction of sp³-hybridized carbons (Fsp3) is 0.127. The van der Waals surface area contributed by atoms with Crippen LogP contribution < -0.4 is 5.73 Å². The molecular formula is C55H45N5O5. The van der Waals surface area contributed by atoms with Crippen LogP contribution in [0.4, 0.5) is 5.82 Å². The summed E-state index contributed by atoms with van der Waals surface area (Å²) in [6.07, 6.45) is -3.78. The summed E-state index contributed by atoms with van der Waals surface area (Å²) in [5.74, 6) is -0.211. The number of carbonyl (C=O) groups is 1. The highest BCUT2D eigenvalue weighted by molar-refractivity contribution is 6.00. The largest absolute Gasteiger partial charge is 0.386 e. The van der Waals surface area contributed by atoms with E-state index in [4.69, 9.17) is 19.9 Å². The van der Waals surface area contributed by atoms with Gasteiger partial charge in [0.2, 0.25) is 0 Å². The number of carbonyl (C=O) groups excluding carboxylic acids is 1. The van der Waals surface area contributed by atoms with Crippen LogP contribution >= 0.6 is 0 Å². The van der Waals surface area contributed by atoms with E-state index in [1.165, 1.54) is 12.7 Å². The predicted molar refractivity (Wildman–Crippen MR) is 249 cm³/mol. The molecule has 0 spiro atoms. The molecule has 9 aromatic rings. The Bertz CT molecular complexity index is 2790. The molecule has 320 valence electrons. The molecule has 3 N–H and O–H groups in total. The average Bonchev–Trinajstić information content (AvgIpc) is 3.96. The van der Waals surface area contributed by atoms with Crippen molar-refractivity contribution >= 4 is 22.8 Å². The molecule has 2 aromatic heterocycles. The van der Waals surface area contributed by atoms with Gasteiger partial charge in [-0.2, -0.15) is 0 Å². The van der Waals surface area contributed by atoms with Gasteiger partial charge >= 0.3 is 0 Å². The Balaban J connectivity index is 1.24. The van der Waals surface area contributed by atoms with Crippen LogP contribution in [-0.2, 0) is 25.4 Å². The Kier molecular flexibility index (Phi) is 11.4. The summed E-state index contributed by atoms with van der Waals surface area (Å²) in [4.78, 5) is 29.0. The van der Waals surface area contributed by atoms with Crippen molar-refractivity contribution in [2.45, 2.75) is 41.8 Å². The first-order valence-electron chi connectivity index (χ1n) is 21.5. The van der Waals surface area contributed by atoms with Crippen molar-refractivity contribution in [3.05, 3.63) is 264 Å². The second-order valence-electron chi connectivity index (χ2n) is 16.0. The summed E-state index contributed by atoms with van der Waals surface area (Å²) in [6, 6.07) is 68.2. The third kappa shape index (κ3) is 7.48. The van der Waals surface area contributed by atoms with Crippen molar-refractivity contribution in [2.75, 3.05) is 5.73 Å². The number of fused-ring (bicyclic) bond motifs is 1. The van der Waals surface area contributed by atoms with Gasteiger partial charge in [0.1, 0.15) is 41.4 Å². The molecule has 1 aliphatic heterocycles. The summed E-state index contributed by atoms with van der Waals surface area (Å²) >= 11 is 0. The molecule has 1 unspecified atom stereocenters. The van der Waals surface area contributed by atoms with E-state index in [1.807, 2.05) is 200 Å². The number of aliphatic hydroxyl groups is 1. The molecule has 0 radical (unpaired) electrons. The summed E-state index contributed by atoms with van der Waals surface area (Å²) in [5.41, 5.74) is 9.30. The van der Waals surface area contributed by atoms with Gasteiger partial charge in [-0.25, -0.2) is 15.0 Å². The van der Waals surface area contributed by atoms with E-state index in [-0.39, 0.29) is 11.6 Å². The van der Waals surface area contributed by atoms with Gasteiger partial charge in [0.15, 0.2) is 29.6 Å². The van der Waals surface area contributed by atoms with E-state index in [0.29, 0.717) is 16.7 Å². The highest BCUT2D eigenvalue weighted by Crippen LogP contribution is 2.49. The third-order valence-electron chi connectivity index (χ3n) is 12.2. The van der Waals surface area contributed by atoms with Crippen LogP contribution in [0.25, 0.3) is 11.2 Å². The van der Waals surface area contributed by atoms with E-state index in [9.17, 15) is 5.11 Å². The quantitative estimate of drug-likeness (QED) is 0.0811. The predicted octanol–water partition coefficient (Wildman–Crippen LogP) is 9.30. The van der Waals surface area contributed by atoms with E-state index in [0.717, 1.165) is 33.4 Å². The molecule has 10 nitrogen and oxygen atoms in total. The molecule has 10 rings (SSSR count). The van der Waals surface area contributed by atoms with Gasteiger partial charge in [-0.05, 0) is 33.4 Å². The molecular weight excluding hydrogens is 811 g/mol. The maximum absolute atomic E-state index is 15.8. The van der Waals surface area contributed by atoms with Crippen molar-refractivity contribution in [3.8, 4) is 0 Å². The van der Waals surface area contributed by atoms with Gasteiger partial charge < -0.3 is 25.1 Å². The fourth-order valence-corrected chi connectivity index (χ4v) is 9.22. The summed E-state index contributed by atoms with van der Waals surface area (Å²) in [7, 11) is 0. The van der Waals surface area contributed by atoms with E-state index >= 15 is 4.79 Å². The van der Waals surface area contributed by atoms with Crippen molar-refractivity contribution in [2.24, 2.45) is 0 Å². The van der Waals surface area contributed by atoms with Gasteiger partial charge in [-0.1, -0.05) is 212 Å². The number of aliphatic hydroxyl groups excluding tert-OH is 1. The number of imidazole rings is 1. The van der Waals surface area contributed by atoms with E-state index in [2.05, 4.69) is 15.0 Å². The van der Waals surface area contributed by atoms with Gasteiger partial charge in [-0.15, -0.1) is 0 Å². The van der Waals surface area contributed by atoms with Gasteiger partial charge in [-0.3, -0.25) is 9.36 Å². The highest BCUT2D eigenvalue weighted by atomic mass is 16.6. The summed E-state index contributed by atoms with van der Waals surface area (Å²) < 4.78 is 24.3. The molecule has 3 heterocycles. The zero-order valence-corrected chi connectivity index (χ0v) is 35.2. The number of ketones is 1. The molecule has 0 saturated carbocycles. The van der Waals surface area contributed by atoms with Crippen LogP contribution in [0.5, 0.6) is 0 Å². The van der Waals surface area contributed by atoms with Gasteiger partial charge in [0.25, 0.3) is 0 Å². The lowest BCUT2D eigenvalue weighted by molar-refractivity contribution is -0.152. The summed E-state index contributed by atoms with van der Waals surface area (Å²) in [5, 5.41) is 13.1. The monoisotopic (exact) mass is 855 g/mol. The molecule has 1 fully saturated rings. The number of nitrogens with zero attached hydrogens (tertiary/aromatic N) is 4. The lowest BCUT2D eigenvalue weighted by Gasteiger charge is -2.43. The van der Waals surface area contributed by atoms with E-state index in [1.54, 1.807) is 16.7 Å². The zero-order chi connectivity index (χ0) is 44.2. The molecule has 0 amide bonds. The van der Waals surface area contributed by atoms with Gasteiger partial charge in [0, 0.05) is 5.56 Å². The highest BCUT2D eigenvalue weighted by Gasteiger charge is 2.57. The number of aromatic nitrogens is 4. The minimum absolute atomic E-state index is 0.167. The van der Waals surface area contributed by atoms with Crippen LogP contribution in [0.3, 0.4) is 0 Å². The second kappa shape index (κ2) is 17.9. The standard InChI is InChI=1S/C55H45N5O5/c56-51-45-52(58-36-57-51)60(37-59-45)53-47(62)49(65-55(42-30-16-5-17-31-42,43-32-18-6-19-33-43)44-34-20-7-21-35-44)50(63-53)48(46(61)38-22-8-1-9-23-38)64-54(39-24-10-2-11-25-39,40-26-12-3-13-27-40)41-28-14-4-15-29-41/h1-37,47-50,53,62H,(H2,56,57,58)/t47-,48?,49+,50-,53-/m1/s1. The Morgan fingerprint density at radius 1 is 0.569 bits per heavy atom. The maximum atomic E-state index is 15.8. The second-order valence-corrected chi connectivity index (χ2v) is 16.0. The molecule has 0 aliphatic carbocycles. The minimum Gasteiger partial charge on any atom is -0.386 e. The molecule has 0 bridgehead atoms. The van der Waals surface area contributed by atoms with Crippen LogP contribution in [0, 0.1) is 0 Å². The smallest absolute Gasteiger partial charge is 0.194 e. The number of rotatable bonds is 14. The molecule has 65 heavy (non-hydrogen) atoms. The van der Waals surface area contributed by atoms with Crippen LogP contribution in [0.15, 0.2) is 225 Å². The van der Waals surface area contributed by atoms with Crippen molar-refractivity contribution in [1.82, 2.24) is 19.5 Å². The molecule has 7 aromatic carbocycles. The number of anilines is 1. The Labute approximate surface area is 376 Å². The van der Waals surface area contributed by atoms with Crippen molar-refractivity contribution in [1.29, 1.82) is 0 Å². The molecule has 1 saturated heterocycles. The number of nitrogen functional groups attached to an aromatic ring is 1. The van der Waals surface area contributed by atoms with Crippen molar-refractivity contribution in [3.63, 3.8) is 0 Å². The van der Waals surface area contributed by atoms with Crippen LogP contribution in [0.1, 0.15) is 50.0 Å². The first-order valence-corrected chi connectivity index (χ1v) is 21.5. The number of Topliss-reactive ketones (excluding diaryl/α,β-unsaturated/α-hetero) is 1. The van der Waals surface area contributed by atoms with E-state index < -0.39 is 41.8 Å². The Hall–Kier alpha value is -7.60. The number of ether oxygens (including phenoxy) is 3. The van der Waals surface area contributed by atoms with Crippen LogP contribution in [0.2, 0.25) is 0 Å². The fourth-order valence-electron chi connectivity index (χ4n) is 9.22. The number of hydrogen-bond acceptors (Lipinski definition) is 9. The molecule has 5 atom stereocenters. The topological polar surface area (TPSA) is 135 Å². The maximum Gasteiger partial charge on any atom is 0.194 e. The Morgan fingerprint density at radius 3 is 1.40 bits per heavy atom. The van der Waals surface area contributed by atoms with Crippen molar-refractivity contribution < 1.29 is 24.1 Å². The first kappa shape index (κ1) is 41.4. The lowest BCUT2D eigenvalue weighted by Crippen LogP contribution is -2.52. The minimum atomic E-state index is -1.45. The number of nitrogens with two attached hydrogens (primary N) is 1. The first-order chi connectivity index (χ1) is 32.0. The third-order valence-corrected chi connectivity index (χ3v) is 12.2. The molecule has 10 heteroatoms. The normalized spacial score (nSPS) is 18.0. The van der Waals surface area contributed by atoms with Crippen LogP contribution in [-0.4, -0.2) is 54.8 Å².